The normalized spacial score (nSPS) is 14.9. The first kappa shape index (κ1) is 19.8. The monoisotopic (exact) mass is 458 g/mol. The first-order valence-corrected chi connectivity index (χ1v) is 11.9. The summed E-state index contributed by atoms with van der Waals surface area (Å²) in [6.45, 7) is 2.44. The van der Waals surface area contributed by atoms with Gasteiger partial charge < -0.3 is 14.4 Å². The lowest BCUT2D eigenvalue weighted by Crippen LogP contribution is -2.35. The Kier molecular flexibility index (Phi) is 4.78. The Labute approximate surface area is 182 Å². The van der Waals surface area contributed by atoms with E-state index < -0.39 is 10.0 Å². The largest absolute Gasteiger partial charge is 0.454 e. The van der Waals surface area contributed by atoms with Gasteiger partial charge in [0.25, 0.3) is 15.9 Å². The first-order valence-electron chi connectivity index (χ1n) is 9.58. The van der Waals surface area contributed by atoms with Crippen molar-refractivity contribution < 1.29 is 22.7 Å². The minimum absolute atomic E-state index is 0.122. The second-order valence-corrected chi connectivity index (χ2v) is 10.0. The van der Waals surface area contributed by atoms with Crippen LogP contribution in [0.4, 0.5) is 10.8 Å². The standard InChI is InChI=1S/C20H18N4O5S2/c1-12-21-22-20(30-12)23-31(26,27)15-5-6-16-13(9-15)3-2-8-24(16)19(25)14-4-7-17-18(10-14)29-11-28-17/h4-7,9-10H,2-3,8,11H2,1H3,(H,22,23). The van der Waals surface area contributed by atoms with Crippen molar-refractivity contribution in [2.75, 3.05) is 23.0 Å². The summed E-state index contributed by atoms with van der Waals surface area (Å²) in [4.78, 5) is 15.0. The van der Waals surface area contributed by atoms with Crippen LogP contribution >= 0.6 is 11.3 Å². The number of rotatable bonds is 4. The van der Waals surface area contributed by atoms with E-state index in [1.54, 1.807) is 42.2 Å². The quantitative estimate of drug-likeness (QED) is 0.640. The van der Waals surface area contributed by atoms with Crippen molar-refractivity contribution in [2.45, 2.75) is 24.7 Å². The Morgan fingerprint density at radius 3 is 2.77 bits per heavy atom. The Balaban J connectivity index is 1.43. The number of carbonyl (C=O) groups excluding carboxylic acids is 1. The topological polar surface area (TPSA) is 111 Å². The number of hydrogen-bond acceptors (Lipinski definition) is 8. The molecule has 0 atom stereocenters. The fraction of sp³-hybridized carbons (Fsp3) is 0.250. The zero-order chi connectivity index (χ0) is 21.6. The fourth-order valence-corrected chi connectivity index (χ4v) is 5.52. The first-order chi connectivity index (χ1) is 14.9. The van der Waals surface area contributed by atoms with Crippen molar-refractivity contribution >= 4 is 38.1 Å². The average Bonchev–Trinajstić information content (AvgIpc) is 3.40. The molecule has 0 saturated heterocycles. The third-order valence-corrected chi connectivity index (χ3v) is 7.31. The van der Waals surface area contributed by atoms with Gasteiger partial charge in [-0.25, -0.2) is 8.42 Å². The van der Waals surface area contributed by atoms with Gasteiger partial charge in [-0.3, -0.25) is 9.52 Å². The van der Waals surface area contributed by atoms with Crippen LogP contribution in [-0.4, -0.2) is 37.9 Å². The summed E-state index contributed by atoms with van der Waals surface area (Å²) in [7, 11) is -3.81. The van der Waals surface area contributed by atoms with Gasteiger partial charge in [0.1, 0.15) is 5.01 Å². The fourth-order valence-electron chi connectivity index (χ4n) is 3.65. The molecule has 3 heterocycles. The molecule has 0 unspecified atom stereocenters. The van der Waals surface area contributed by atoms with Crippen LogP contribution in [0.1, 0.15) is 27.3 Å². The lowest BCUT2D eigenvalue weighted by molar-refractivity contribution is 0.0984. The van der Waals surface area contributed by atoms with Crippen molar-refractivity contribution in [2.24, 2.45) is 0 Å². The van der Waals surface area contributed by atoms with Crippen molar-refractivity contribution in [3.8, 4) is 11.5 Å². The number of nitrogens with zero attached hydrogens (tertiary/aromatic N) is 3. The van der Waals surface area contributed by atoms with Gasteiger partial charge in [0.05, 0.1) is 4.90 Å². The number of benzene rings is 2. The third kappa shape index (κ3) is 3.70. The maximum atomic E-state index is 13.2. The van der Waals surface area contributed by atoms with E-state index in [2.05, 4.69) is 14.9 Å². The molecule has 0 aliphatic carbocycles. The van der Waals surface area contributed by atoms with Gasteiger partial charge in [-0.1, -0.05) is 11.3 Å². The molecule has 11 heteroatoms. The zero-order valence-electron chi connectivity index (χ0n) is 16.5. The summed E-state index contributed by atoms with van der Waals surface area (Å²) in [5, 5.41) is 8.52. The number of amides is 1. The van der Waals surface area contributed by atoms with Crippen LogP contribution in [-0.2, 0) is 16.4 Å². The van der Waals surface area contributed by atoms with E-state index in [9.17, 15) is 13.2 Å². The molecule has 0 saturated carbocycles. The SMILES string of the molecule is Cc1nnc(NS(=O)(=O)c2ccc3c(c2)CCCN3C(=O)c2ccc3c(c2)OCO3)s1. The molecule has 0 radical (unpaired) electrons. The molecule has 31 heavy (non-hydrogen) atoms. The van der Waals surface area contributed by atoms with E-state index in [4.69, 9.17) is 9.47 Å². The molecule has 1 aromatic heterocycles. The van der Waals surface area contributed by atoms with Crippen molar-refractivity contribution in [1.82, 2.24) is 10.2 Å². The van der Waals surface area contributed by atoms with Crippen LogP contribution in [0, 0.1) is 6.92 Å². The second-order valence-electron chi connectivity index (χ2n) is 7.15. The van der Waals surface area contributed by atoms with Gasteiger partial charge >= 0.3 is 0 Å². The van der Waals surface area contributed by atoms with Gasteiger partial charge in [-0.2, -0.15) is 0 Å². The highest BCUT2D eigenvalue weighted by Crippen LogP contribution is 2.35. The zero-order valence-corrected chi connectivity index (χ0v) is 18.1. The van der Waals surface area contributed by atoms with Gasteiger partial charge in [0, 0.05) is 17.8 Å². The van der Waals surface area contributed by atoms with Crippen LogP contribution < -0.4 is 19.1 Å². The molecule has 5 rings (SSSR count). The van der Waals surface area contributed by atoms with Gasteiger partial charge in [0.2, 0.25) is 11.9 Å². The van der Waals surface area contributed by atoms with E-state index in [1.807, 2.05) is 0 Å². The molecule has 0 spiro atoms. The molecule has 2 aromatic carbocycles. The van der Waals surface area contributed by atoms with Gasteiger partial charge in [0.15, 0.2) is 11.5 Å². The Bertz CT molecular complexity index is 1290. The number of fused-ring (bicyclic) bond motifs is 2. The number of carbonyl (C=O) groups is 1. The van der Waals surface area contributed by atoms with Crippen LogP contribution in [0.15, 0.2) is 41.3 Å². The van der Waals surface area contributed by atoms with Crippen LogP contribution in [0.5, 0.6) is 11.5 Å². The minimum Gasteiger partial charge on any atom is -0.454 e. The summed E-state index contributed by atoms with van der Waals surface area (Å²) in [6, 6.07) is 9.89. The molecule has 1 N–H and O–H groups in total. The highest BCUT2D eigenvalue weighted by atomic mass is 32.2. The number of hydrogen-bond donors (Lipinski definition) is 1. The van der Waals surface area contributed by atoms with Crippen LogP contribution in [0.25, 0.3) is 0 Å². The summed E-state index contributed by atoms with van der Waals surface area (Å²) in [6.07, 6.45) is 1.41. The van der Waals surface area contributed by atoms with Crippen molar-refractivity contribution in [3.63, 3.8) is 0 Å². The molecule has 0 fully saturated rings. The number of nitrogens with one attached hydrogen (secondary N) is 1. The van der Waals surface area contributed by atoms with E-state index >= 15 is 0 Å². The van der Waals surface area contributed by atoms with Crippen molar-refractivity contribution in [3.05, 3.63) is 52.5 Å². The minimum atomic E-state index is -3.81. The van der Waals surface area contributed by atoms with E-state index in [0.29, 0.717) is 40.7 Å². The second kappa shape index (κ2) is 7.50. The molecule has 3 aromatic rings. The van der Waals surface area contributed by atoms with Crippen LogP contribution in [0.2, 0.25) is 0 Å². The molecule has 0 bridgehead atoms. The highest BCUT2D eigenvalue weighted by Gasteiger charge is 2.27. The number of ether oxygens (including phenoxy) is 2. The smallest absolute Gasteiger partial charge is 0.263 e. The number of anilines is 2. The summed E-state index contributed by atoms with van der Waals surface area (Å²) >= 11 is 1.16. The third-order valence-electron chi connectivity index (χ3n) is 5.09. The lowest BCUT2D eigenvalue weighted by Gasteiger charge is -2.30. The number of aromatic nitrogens is 2. The predicted molar refractivity (Wildman–Crippen MR) is 114 cm³/mol. The molecule has 2 aliphatic rings. The number of sulfonamides is 1. The number of aryl methyl sites for hydroxylation is 2. The lowest BCUT2D eigenvalue weighted by atomic mass is 10.0. The molecule has 2 aliphatic heterocycles. The van der Waals surface area contributed by atoms with E-state index in [0.717, 1.165) is 23.3 Å². The molecule has 1 amide bonds. The van der Waals surface area contributed by atoms with Gasteiger partial charge in [-0.05, 0) is 61.7 Å². The molecule has 160 valence electrons. The molecule has 9 nitrogen and oxygen atoms in total. The Morgan fingerprint density at radius 1 is 1.13 bits per heavy atom. The maximum Gasteiger partial charge on any atom is 0.263 e. The molecular weight excluding hydrogens is 440 g/mol. The van der Waals surface area contributed by atoms with E-state index in [-0.39, 0.29) is 22.7 Å². The van der Waals surface area contributed by atoms with Gasteiger partial charge in [-0.15, -0.1) is 10.2 Å². The highest BCUT2D eigenvalue weighted by molar-refractivity contribution is 7.93. The summed E-state index contributed by atoms with van der Waals surface area (Å²) in [5.41, 5.74) is 2.00. The Hall–Kier alpha value is -3.18. The molecular formula is C20H18N4O5S2. The summed E-state index contributed by atoms with van der Waals surface area (Å²) in [5.74, 6) is 0.989. The van der Waals surface area contributed by atoms with E-state index in [1.165, 1.54) is 6.07 Å². The predicted octanol–water partition coefficient (Wildman–Crippen LogP) is 2.97. The van der Waals surface area contributed by atoms with Crippen LogP contribution in [0.3, 0.4) is 0 Å². The summed E-state index contributed by atoms with van der Waals surface area (Å²) < 4.78 is 38.7. The van der Waals surface area contributed by atoms with Crippen molar-refractivity contribution in [1.29, 1.82) is 0 Å². The average molecular weight is 459 g/mol. The maximum absolute atomic E-state index is 13.2. The Morgan fingerprint density at radius 2 is 1.97 bits per heavy atom.